The molecule has 0 radical (unpaired) electrons. The number of anilines is 1. The minimum Gasteiger partial charge on any atom is -0.457 e. The summed E-state index contributed by atoms with van der Waals surface area (Å²) < 4.78 is 101. The number of alkyl halides is 7. The maximum Gasteiger partial charge on any atom is 0.461 e. The lowest BCUT2D eigenvalue weighted by atomic mass is 10.1. The summed E-state index contributed by atoms with van der Waals surface area (Å²) in [4.78, 5) is 1.17. The minimum absolute atomic E-state index is 0.181. The number of aliphatic hydroxyl groups is 1. The van der Waals surface area contributed by atoms with E-state index in [1.54, 1.807) is 24.3 Å². The number of unbranched alkanes of at least 4 members (excludes halogenated alkanes) is 1. The van der Waals surface area contributed by atoms with Gasteiger partial charge in [-0.15, -0.1) is 0 Å². The van der Waals surface area contributed by atoms with E-state index in [0.29, 0.717) is 11.5 Å². The largest absolute Gasteiger partial charge is 0.461 e. The van der Waals surface area contributed by atoms with Crippen LogP contribution in [0, 0.1) is 0 Å². The zero-order chi connectivity index (χ0) is 28.6. The maximum absolute atomic E-state index is 13.3. The van der Waals surface area contributed by atoms with E-state index in [9.17, 15) is 35.8 Å². The number of halogens is 7. The fraction of sp³-hybridized carbons (Fsp3) is 0.357. The molecule has 0 fully saturated rings. The van der Waals surface area contributed by atoms with E-state index >= 15 is 0 Å². The summed E-state index contributed by atoms with van der Waals surface area (Å²) in [5.74, 6) is 0.238. The number of ether oxygens (including phenoxy) is 2. The topological polar surface area (TPSA) is 41.9 Å². The van der Waals surface area contributed by atoms with Gasteiger partial charge in [-0.05, 0) is 60.4 Å². The van der Waals surface area contributed by atoms with E-state index in [0.717, 1.165) is 37.0 Å². The number of hydrogen-bond donors (Lipinski definition) is 1. The predicted octanol–water partition coefficient (Wildman–Crippen LogP) is 7.99. The van der Waals surface area contributed by atoms with Crippen molar-refractivity contribution in [3.05, 3.63) is 83.9 Å². The molecule has 0 aliphatic carbocycles. The second-order valence-corrected chi connectivity index (χ2v) is 8.90. The summed E-state index contributed by atoms with van der Waals surface area (Å²) in [6.07, 6.45) is -13.4. The first kappa shape index (κ1) is 30.1. The van der Waals surface area contributed by atoms with Crippen LogP contribution in [-0.2, 0) is 13.0 Å². The van der Waals surface area contributed by atoms with Gasteiger partial charge in [-0.2, -0.15) is 30.7 Å². The Labute approximate surface area is 221 Å². The highest BCUT2D eigenvalue weighted by atomic mass is 19.4. The molecule has 0 aliphatic rings. The van der Waals surface area contributed by atoms with Crippen LogP contribution in [0.1, 0.15) is 30.9 Å². The number of rotatable bonds is 13. The van der Waals surface area contributed by atoms with Crippen molar-refractivity contribution in [2.24, 2.45) is 0 Å². The van der Waals surface area contributed by atoms with E-state index in [2.05, 4.69) is 11.7 Å². The first-order valence-electron chi connectivity index (χ1n) is 12.2. The molecule has 0 saturated heterocycles. The van der Waals surface area contributed by atoms with Crippen LogP contribution in [-0.4, -0.2) is 36.5 Å². The Morgan fingerprint density at radius 3 is 2.13 bits per heavy atom. The Kier molecular flexibility index (Phi) is 10.1. The normalized spacial score (nSPS) is 12.9. The molecule has 0 aromatic heterocycles. The Morgan fingerprint density at radius 1 is 0.821 bits per heavy atom. The van der Waals surface area contributed by atoms with Crippen molar-refractivity contribution in [3.8, 4) is 17.2 Å². The predicted molar refractivity (Wildman–Crippen MR) is 133 cm³/mol. The van der Waals surface area contributed by atoms with Crippen molar-refractivity contribution >= 4 is 5.69 Å². The monoisotopic (exact) mass is 559 g/mol. The fourth-order valence-electron chi connectivity index (χ4n) is 3.69. The molecule has 0 aliphatic heterocycles. The number of benzene rings is 3. The van der Waals surface area contributed by atoms with Crippen LogP contribution in [0.2, 0.25) is 0 Å². The third-order valence-corrected chi connectivity index (χ3v) is 5.71. The molecule has 3 rings (SSSR count). The SMILES string of the molecule is CCCCc1ccc(Oc2cccc(N(Cc3cccc(OC(F)(F)C(F)F)c3)CC(O)C(F)(F)F)c2)cc1. The van der Waals surface area contributed by atoms with E-state index in [-0.39, 0.29) is 17.8 Å². The van der Waals surface area contributed by atoms with Crippen molar-refractivity contribution in [2.45, 2.75) is 57.5 Å². The summed E-state index contributed by atoms with van der Waals surface area (Å²) in [6.45, 7) is 0.912. The van der Waals surface area contributed by atoms with Gasteiger partial charge in [0.1, 0.15) is 17.2 Å². The molecule has 11 heteroatoms. The van der Waals surface area contributed by atoms with E-state index in [1.807, 2.05) is 12.1 Å². The molecule has 39 heavy (non-hydrogen) atoms. The molecule has 1 unspecified atom stereocenters. The lowest BCUT2D eigenvalue weighted by Crippen LogP contribution is -2.40. The average Bonchev–Trinajstić information content (AvgIpc) is 2.87. The summed E-state index contributed by atoms with van der Waals surface area (Å²) >= 11 is 0. The van der Waals surface area contributed by atoms with Crippen LogP contribution in [0.25, 0.3) is 0 Å². The number of aliphatic hydroxyl groups excluding tert-OH is 1. The number of hydrogen-bond acceptors (Lipinski definition) is 4. The maximum atomic E-state index is 13.3. The molecule has 212 valence electrons. The quantitative estimate of drug-likeness (QED) is 0.216. The Morgan fingerprint density at radius 2 is 1.49 bits per heavy atom. The van der Waals surface area contributed by atoms with Gasteiger partial charge in [0.15, 0.2) is 6.10 Å². The molecule has 0 saturated carbocycles. The zero-order valence-electron chi connectivity index (χ0n) is 21.0. The van der Waals surface area contributed by atoms with Gasteiger partial charge < -0.3 is 19.5 Å². The number of nitrogens with zero attached hydrogens (tertiary/aromatic N) is 1. The van der Waals surface area contributed by atoms with Gasteiger partial charge in [0.05, 0.1) is 6.54 Å². The Hall–Kier alpha value is -3.47. The van der Waals surface area contributed by atoms with E-state index in [1.165, 1.54) is 29.2 Å². The van der Waals surface area contributed by atoms with Crippen molar-refractivity contribution in [3.63, 3.8) is 0 Å². The second-order valence-electron chi connectivity index (χ2n) is 8.90. The zero-order valence-corrected chi connectivity index (χ0v) is 21.0. The lowest BCUT2D eigenvalue weighted by Gasteiger charge is -2.29. The average molecular weight is 560 g/mol. The summed E-state index contributed by atoms with van der Waals surface area (Å²) in [7, 11) is 0. The van der Waals surface area contributed by atoms with Gasteiger partial charge in [-0.3, -0.25) is 0 Å². The van der Waals surface area contributed by atoms with Crippen LogP contribution >= 0.6 is 0 Å². The first-order chi connectivity index (χ1) is 18.4. The Bertz CT molecular complexity index is 1190. The number of aryl methyl sites for hydroxylation is 1. The molecule has 3 aromatic carbocycles. The highest BCUT2D eigenvalue weighted by Crippen LogP contribution is 2.31. The second kappa shape index (κ2) is 13.1. The molecule has 0 heterocycles. The molecule has 0 spiro atoms. The standard InChI is InChI=1S/C28H28F7NO3/c1-2-3-6-19-11-13-22(14-12-19)38-23-9-5-8-21(16-23)36(18-25(37)27(31,32)33)17-20-7-4-10-24(15-20)39-28(34,35)26(29)30/h4-5,7-16,25-26,37H,2-3,6,17-18H2,1H3. The van der Waals surface area contributed by atoms with Gasteiger partial charge in [-0.25, -0.2) is 0 Å². The molecular weight excluding hydrogens is 531 g/mol. The van der Waals surface area contributed by atoms with Crippen LogP contribution in [0.5, 0.6) is 17.2 Å². The molecule has 0 amide bonds. The molecule has 4 nitrogen and oxygen atoms in total. The molecule has 1 atom stereocenters. The van der Waals surface area contributed by atoms with E-state index in [4.69, 9.17) is 4.74 Å². The highest BCUT2D eigenvalue weighted by Gasteiger charge is 2.44. The summed E-state index contributed by atoms with van der Waals surface area (Å²) in [6, 6.07) is 18.2. The van der Waals surface area contributed by atoms with Crippen LogP contribution in [0.3, 0.4) is 0 Å². The molecule has 0 bridgehead atoms. The van der Waals surface area contributed by atoms with Gasteiger partial charge in [0.2, 0.25) is 0 Å². The van der Waals surface area contributed by atoms with E-state index < -0.39 is 37.1 Å². The van der Waals surface area contributed by atoms with Crippen LogP contribution in [0.15, 0.2) is 72.8 Å². The summed E-state index contributed by atoms with van der Waals surface area (Å²) in [5.41, 5.74) is 1.56. The Balaban J connectivity index is 1.83. The molecular formula is C28H28F7NO3. The lowest BCUT2D eigenvalue weighted by molar-refractivity contribution is -0.253. The van der Waals surface area contributed by atoms with Crippen molar-refractivity contribution < 1.29 is 45.3 Å². The van der Waals surface area contributed by atoms with Crippen LogP contribution < -0.4 is 14.4 Å². The fourth-order valence-corrected chi connectivity index (χ4v) is 3.69. The first-order valence-corrected chi connectivity index (χ1v) is 12.2. The smallest absolute Gasteiger partial charge is 0.457 e. The third kappa shape index (κ3) is 9.05. The van der Waals surface area contributed by atoms with Gasteiger partial charge >= 0.3 is 18.7 Å². The van der Waals surface area contributed by atoms with Gasteiger partial charge in [-0.1, -0.05) is 43.7 Å². The van der Waals surface area contributed by atoms with Gasteiger partial charge in [0.25, 0.3) is 0 Å². The summed E-state index contributed by atoms with van der Waals surface area (Å²) in [5, 5.41) is 9.75. The van der Waals surface area contributed by atoms with Crippen LogP contribution in [0.4, 0.5) is 36.4 Å². The minimum atomic E-state index is -4.92. The van der Waals surface area contributed by atoms with Crippen molar-refractivity contribution in [2.75, 3.05) is 11.4 Å². The molecule has 1 N–H and O–H groups in total. The third-order valence-electron chi connectivity index (χ3n) is 5.71. The van der Waals surface area contributed by atoms with Gasteiger partial charge in [0, 0.05) is 18.3 Å². The highest BCUT2D eigenvalue weighted by molar-refractivity contribution is 5.52. The van der Waals surface area contributed by atoms with Crippen molar-refractivity contribution in [1.82, 2.24) is 0 Å². The molecule has 3 aromatic rings. The van der Waals surface area contributed by atoms with Crippen molar-refractivity contribution in [1.29, 1.82) is 0 Å².